The molecule has 6 unspecified atom stereocenters. The van der Waals surface area contributed by atoms with E-state index in [1.807, 2.05) is 0 Å². The Morgan fingerprint density at radius 2 is 1.87 bits per heavy atom. The first kappa shape index (κ1) is 23.3. The normalized spacial score (nSPS) is 44.5. The van der Waals surface area contributed by atoms with Crippen LogP contribution >= 0.6 is 0 Å². The van der Waals surface area contributed by atoms with Crippen LogP contribution in [0.15, 0.2) is 11.6 Å². The molecule has 2 saturated carbocycles. The fraction of sp³-hybridized carbons (Fsp3) is 0.893. The van der Waals surface area contributed by atoms with E-state index in [0.29, 0.717) is 17.1 Å². The average Bonchev–Trinajstić information content (AvgIpc) is 2.93. The monoisotopic (exact) mass is 525 g/mol. The number of carbonyl (C=O) groups excluding carboxylic acids is 1. The molecule has 1 heterocycles. The summed E-state index contributed by atoms with van der Waals surface area (Å²) in [6, 6.07) is 0. The van der Waals surface area contributed by atoms with Gasteiger partial charge in [-0.1, -0.05) is 0 Å². The van der Waals surface area contributed by atoms with Gasteiger partial charge in [0, 0.05) is 0 Å². The Morgan fingerprint density at radius 3 is 2.60 bits per heavy atom. The zero-order valence-corrected chi connectivity index (χ0v) is 22.3. The Morgan fingerprint density at radius 1 is 1.07 bits per heavy atom. The molecule has 4 rings (SSSR count). The summed E-state index contributed by atoms with van der Waals surface area (Å²) in [7, 11) is 0. The summed E-state index contributed by atoms with van der Waals surface area (Å²) in [5.41, 5.74) is 2.22. The van der Waals surface area contributed by atoms with Gasteiger partial charge < -0.3 is 0 Å². The fourth-order valence-corrected chi connectivity index (χ4v) is 13.4. The van der Waals surface area contributed by atoms with E-state index >= 15 is 0 Å². The molecule has 0 amide bonds. The summed E-state index contributed by atoms with van der Waals surface area (Å²) in [5.74, 6) is 4.11. The summed E-state index contributed by atoms with van der Waals surface area (Å²) in [4.78, 5) is 12.8. The zero-order valence-electron chi connectivity index (χ0n) is 20.1. The summed E-state index contributed by atoms with van der Waals surface area (Å²) < 4.78 is 2.37. The fourth-order valence-electron chi connectivity index (χ4n) is 7.82. The van der Waals surface area contributed by atoms with Crippen molar-refractivity contribution in [2.45, 2.75) is 115 Å². The van der Waals surface area contributed by atoms with E-state index in [1.54, 1.807) is 5.57 Å². The molecule has 3 fully saturated rings. The molecule has 172 valence electrons. The molecule has 4 aliphatic rings. The molecule has 2 heteroatoms. The van der Waals surface area contributed by atoms with Gasteiger partial charge in [0.05, 0.1) is 0 Å². The molecular formula is C28H46IO-. The number of hydrogen-bond acceptors (Lipinski definition) is 1. The molecule has 1 nitrogen and oxygen atoms in total. The van der Waals surface area contributed by atoms with Crippen molar-refractivity contribution in [1.29, 1.82) is 0 Å². The van der Waals surface area contributed by atoms with E-state index in [1.165, 1.54) is 81.5 Å². The van der Waals surface area contributed by atoms with Crippen LogP contribution < -0.4 is 21.2 Å². The second kappa shape index (κ2) is 9.56. The Bertz CT molecular complexity index is 653. The molecule has 0 N–H and O–H groups in total. The predicted molar refractivity (Wildman–Crippen MR) is 123 cm³/mol. The van der Waals surface area contributed by atoms with Crippen molar-refractivity contribution in [1.82, 2.24) is 0 Å². The molecule has 0 bridgehead atoms. The molecule has 1 saturated heterocycles. The van der Waals surface area contributed by atoms with Gasteiger partial charge in [-0.25, -0.2) is 0 Å². The van der Waals surface area contributed by atoms with E-state index < -0.39 is 0 Å². The van der Waals surface area contributed by atoms with Crippen LogP contribution in [0.5, 0.6) is 0 Å². The van der Waals surface area contributed by atoms with Gasteiger partial charge in [-0.05, 0) is 0 Å². The van der Waals surface area contributed by atoms with Gasteiger partial charge in [0.2, 0.25) is 0 Å². The van der Waals surface area contributed by atoms with Crippen molar-refractivity contribution in [2.24, 2.45) is 34.5 Å². The van der Waals surface area contributed by atoms with Crippen LogP contribution in [-0.4, -0.2) is 14.1 Å². The van der Waals surface area contributed by atoms with Gasteiger partial charge in [0.1, 0.15) is 0 Å². The number of allylic oxidation sites excluding steroid dienone is 2. The molecule has 1 aliphatic heterocycles. The summed E-state index contributed by atoms with van der Waals surface area (Å²) in [6.07, 6.45) is 20.0. The number of ketones is 1. The maximum atomic E-state index is 12.8. The van der Waals surface area contributed by atoms with E-state index in [4.69, 9.17) is 0 Å². The van der Waals surface area contributed by atoms with Crippen LogP contribution in [0.4, 0.5) is 0 Å². The van der Waals surface area contributed by atoms with Crippen molar-refractivity contribution in [3.8, 4) is 0 Å². The van der Waals surface area contributed by atoms with Crippen molar-refractivity contribution >= 4 is 5.78 Å². The quantitative estimate of drug-likeness (QED) is 0.215. The predicted octanol–water partition coefficient (Wildman–Crippen LogP) is 4.58. The molecule has 0 radical (unpaired) electrons. The standard InChI is InChI=1S/C28H46IO/c1-5-27(3)22(9-7-6-8-21-12-10-20(2)11-13-21)14-15-23-24-16-17-25(30)28(24,4)18-19-29-26(23)27/h10,21-24,26H,5-9,11-19H2,1-4H3/q-1/t21?,22?,23?,24?,26?,27-,28?/m0/s1. The number of carbonyl (C=O) groups is 1. The third-order valence-corrected chi connectivity index (χ3v) is 14.7. The van der Waals surface area contributed by atoms with Crippen LogP contribution in [-0.2, 0) is 4.79 Å². The summed E-state index contributed by atoms with van der Waals surface area (Å²) >= 11 is 0.231. The second-order valence-corrected chi connectivity index (χ2v) is 15.1. The minimum absolute atomic E-state index is 0.0490. The van der Waals surface area contributed by atoms with E-state index in [-0.39, 0.29) is 26.6 Å². The van der Waals surface area contributed by atoms with Crippen molar-refractivity contribution in [3.63, 3.8) is 0 Å². The number of fused-ring (bicyclic) bond motifs is 3. The Balaban J connectivity index is 1.37. The first-order valence-corrected chi connectivity index (χ1v) is 15.9. The molecular weight excluding hydrogens is 479 g/mol. The Kier molecular flexibility index (Phi) is 7.42. The van der Waals surface area contributed by atoms with Crippen molar-refractivity contribution in [2.75, 3.05) is 4.43 Å². The topological polar surface area (TPSA) is 17.1 Å². The number of Topliss-reactive ketones (excluding diaryl/α,β-unsaturated/α-hetero) is 1. The minimum atomic E-state index is 0.0490. The number of alkyl halides is 2. The van der Waals surface area contributed by atoms with Gasteiger partial charge in [-0.15, -0.1) is 0 Å². The number of unbranched alkanes of at least 4 members (excludes halogenated alkanes) is 1. The third-order valence-electron chi connectivity index (χ3n) is 10.3. The molecule has 3 aliphatic carbocycles. The summed E-state index contributed by atoms with van der Waals surface area (Å²) in [5, 5.41) is 0. The van der Waals surface area contributed by atoms with E-state index in [9.17, 15) is 4.79 Å². The zero-order chi connectivity index (χ0) is 21.4. The van der Waals surface area contributed by atoms with Gasteiger partial charge in [0.25, 0.3) is 0 Å². The second-order valence-electron chi connectivity index (χ2n) is 11.8. The Hall–Kier alpha value is 0.140. The van der Waals surface area contributed by atoms with E-state index in [2.05, 4.69) is 33.8 Å². The number of rotatable bonds is 6. The van der Waals surface area contributed by atoms with Crippen LogP contribution in [0.25, 0.3) is 0 Å². The van der Waals surface area contributed by atoms with Gasteiger partial charge in [-0.3, -0.25) is 0 Å². The first-order valence-electron chi connectivity index (χ1n) is 13.1. The first-order chi connectivity index (χ1) is 14.4. The van der Waals surface area contributed by atoms with Crippen molar-refractivity contribution < 1.29 is 26.0 Å². The molecule has 0 aromatic heterocycles. The molecule has 30 heavy (non-hydrogen) atoms. The number of halogens is 1. The SMILES string of the molecule is CC[C@@]1(C)C(CCCCC2CC=C(C)CC2)CCC2C3CCC(=O)C3(C)CC[I-]C21. The van der Waals surface area contributed by atoms with Gasteiger partial charge >= 0.3 is 197 Å². The molecule has 0 spiro atoms. The van der Waals surface area contributed by atoms with Crippen LogP contribution in [0.1, 0.15) is 111 Å². The molecule has 0 aromatic carbocycles. The van der Waals surface area contributed by atoms with Crippen LogP contribution in [0, 0.1) is 34.5 Å². The van der Waals surface area contributed by atoms with Gasteiger partial charge in [-0.2, -0.15) is 0 Å². The molecule has 0 aromatic rings. The third kappa shape index (κ3) is 4.34. The van der Waals surface area contributed by atoms with E-state index in [0.717, 1.165) is 28.1 Å². The Labute approximate surface area is 196 Å². The molecule has 7 atom stereocenters. The maximum absolute atomic E-state index is 12.8. The van der Waals surface area contributed by atoms with Gasteiger partial charge in [0.15, 0.2) is 0 Å². The average molecular weight is 526 g/mol. The van der Waals surface area contributed by atoms with Crippen molar-refractivity contribution in [3.05, 3.63) is 11.6 Å². The van der Waals surface area contributed by atoms with Crippen LogP contribution in [0.2, 0.25) is 0 Å². The summed E-state index contributed by atoms with van der Waals surface area (Å²) in [6.45, 7) is 9.83. The van der Waals surface area contributed by atoms with Crippen LogP contribution in [0.3, 0.4) is 0 Å². The number of hydrogen-bond donors (Lipinski definition) is 0.